The SMILES string of the molecule is Clc1ccc(C(c2ccccc2)C2/C(=N/Cc3ccccc3)C3CCN2CC3)c(Cl)c1. The first-order chi connectivity index (χ1) is 15.2. The van der Waals surface area contributed by atoms with Gasteiger partial charge in [0.2, 0.25) is 0 Å². The quantitative estimate of drug-likeness (QED) is 0.416. The minimum atomic E-state index is 0.128. The van der Waals surface area contributed by atoms with Crippen LogP contribution in [0.2, 0.25) is 10.0 Å². The summed E-state index contributed by atoms with van der Waals surface area (Å²) < 4.78 is 0. The zero-order valence-electron chi connectivity index (χ0n) is 17.4. The van der Waals surface area contributed by atoms with Crippen LogP contribution in [0.3, 0.4) is 0 Å². The predicted octanol–water partition coefficient (Wildman–Crippen LogP) is 6.86. The monoisotopic (exact) mass is 448 g/mol. The maximum atomic E-state index is 6.77. The molecule has 3 aromatic rings. The summed E-state index contributed by atoms with van der Waals surface area (Å²) >= 11 is 13.0. The summed E-state index contributed by atoms with van der Waals surface area (Å²) in [6, 6.07) is 27.4. The number of rotatable bonds is 5. The Bertz CT molecular complexity index is 1060. The third-order valence-electron chi connectivity index (χ3n) is 6.70. The number of hydrogen-bond donors (Lipinski definition) is 0. The molecule has 3 saturated heterocycles. The van der Waals surface area contributed by atoms with Crippen LogP contribution >= 0.6 is 23.2 Å². The van der Waals surface area contributed by atoms with Crippen LogP contribution in [-0.4, -0.2) is 29.7 Å². The molecular weight excluding hydrogens is 423 g/mol. The standard InChI is InChI=1S/C27H26Cl2N2/c28-22-11-12-23(24(29)17-22)25(20-9-5-2-6-10-20)27-26(21-13-15-31(27)16-14-21)30-18-19-7-3-1-4-8-19/h1-12,17,21,25,27H,13-16,18H2/b30-26+. The molecule has 4 heteroatoms. The fourth-order valence-corrected chi connectivity index (χ4v) is 5.74. The fourth-order valence-electron chi connectivity index (χ4n) is 5.22. The Morgan fingerprint density at radius 3 is 2.23 bits per heavy atom. The van der Waals surface area contributed by atoms with E-state index in [1.165, 1.54) is 29.7 Å². The molecule has 3 aliphatic heterocycles. The molecular formula is C27H26Cl2N2. The molecule has 31 heavy (non-hydrogen) atoms. The van der Waals surface area contributed by atoms with Crippen LogP contribution in [0.25, 0.3) is 0 Å². The largest absolute Gasteiger partial charge is 0.294 e. The van der Waals surface area contributed by atoms with Gasteiger partial charge in [-0.2, -0.15) is 0 Å². The van der Waals surface area contributed by atoms with Crippen molar-refractivity contribution in [3.05, 3.63) is 106 Å². The van der Waals surface area contributed by atoms with E-state index in [0.717, 1.165) is 30.2 Å². The summed E-state index contributed by atoms with van der Waals surface area (Å²) in [6.07, 6.45) is 2.39. The highest BCUT2D eigenvalue weighted by atomic mass is 35.5. The lowest BCUT2D eigenvalue weighted by molar-refractivity contribution is 0.135. The van der Waals surface area contributed by atoms with Gasteiger partial charge in [-0.15, -0.1) is 0 Å². The van der Waals surface area contributed by atoms with Crippen molar-refractivity contribution in [1.82, 2.24) is 4.90 Å². The molecule has 0 saturated carbocycles. The van der Waals surface area contributed by atoms with E-state index in [4.69, 9.17) is 28.2 Å². The van der Waals surface area contributed by atoms with E-state index >= 15 is 0 Å². The lowest BCUT2D eigenvalue weighted by Gasteiger charge is -2.49. The van der Waals surface area contributed by atoms with Gasteiger partial charge in [0.1, 0.15) is 0 Å². The molecule has 3 aromatic carbocycles. The topological polar surface area (TPSA) is 15.6 Å². The van der Waals surface area contributed by atoms with Crippen LogP contribution in [-0.2, 0) is 6.54 Å². The summed E-state index contributed by atoms with van der Waals surface area (Å²) in [4.78, 5) is 7.86. The summed E-state index contributed by atoms with van der Waals surface area (Å²) in [5.74, 6) is 0.680. The number of hydrogen-bond acceptors (Lipinski definition) is 2. The second-order valence-corrected chi connectivity index (χ2v) is 9.38. The van der Waals surface area contributed by atoms with E-state index in [0.29, 0.717) is 10.9 Å². The summed E-state index contributed by atoms with van der Waals surface area (Å²) in [5, 5.41) is 1.40. The highest BCUT2D eigenvalue weighted by Crippen LogP contribution is 2.42. The average molecular weight is 449 g/mol. The Balaban J connectivity index is 1.60. The summed E-state index contributed by atoms with van der Waals surface area (Å²) in [7, 11) is 0. The van der Waals surface area contributed by atoms with Crippen LogP contribution in [0.15, 0.2) is 83.9 Å². The van der Waals surface area contributed by atoms with Gasteiger partial charge in [-0.25, -0.2) is 0 Å². The van der Waals surface area contributed by atoms with Crippen LogP contribution in [0, 0.1) is 5.92 Å². The van der Waals surface area contributed by atoms with Crippen molar-refractivity contribution < 1.29 is 0 Å². The number of halogens is 2. The Hall–Kier alpha value is -2.13. The highest BCUT2D eigenvalue weighted by molar-refractivity contribution is 6.35. The molecule has 6 rings (SSSR count). The molecule has 3 aliphatic rings. The second kappa shape index (κ2) is 9.16. The lowest BCUT2D eigenvalue weighted by atomic mass is 9.72. The lowest BCUT2D eigenvalue weighted by Crippen LogP contribution is -2.58. The fraction of sp³-hybridized carbons (Fsp3) is 0.296. The van der Waals surface area contributed by atoms with E-state index in [1.54, 1.807) is 0 Å². The molecule has 2 bridgehead atoms. The van der Waals surface area contributed by atoms with Gasteiger partial charge in [0.05, 0.1) is 12.6 Å². The zero-order valence-corrected chi connectivity index (χ0v) is 18.9. The predicted molar refractivity (Wildman–Crippen MR) is 130 cm³/mol. The second-order valence-electron chi connectivity index (χ2n) is 8.54. The highest BCUT2D eigenvalue weighted by Gasteiger charge is 2.44. The van der Waals surface area contributed by atoms with Crippen molar-refractivity contribution >= 4 is 28.9 Å². The van der Waals surface area contributed by atoms with Gasteiger partial charge in [-0.3, -0.25) is 9.89 Å². The maximum Gasteiger partial charge on any atom is 0.0639 e. The van der Waals surface area contributed by atoms with Gasteiger partial charge >= 0.3 is 0 Å². The molecule has 0 N–H and O–H groups in total. The molecule has 0 radical (unpaired) electrons. The Morgan fingerprint density at radius 2 is 1.55 bits per heavy atom. The van der Waals surface area contributed by atoms with Crippen LogP contribution < -0.4 is 0 Å². The Labute approximate surface area is 194 Å². The molecule has 0 aliphatic carbocycles. The van der Waals surface area contributed by atoms with Crippen molar-refractivity contribution in [2.75, 3.05) is 13.1 Å². The van der Waals surface area contributed by atoms with Crippen molar-refractivity contribution in [2.45, 2.75) is 31.3 Å². The summed E-state index contributed by atoms with van der Waals surface area (Å²) in [5.41, 5.74) is 4.99. The van der Waals surface area contributed by atoms with E-state index in [-0.39, 0.29) is 12.0 Å². The molecule has 0 aromatic heterocycles. The van der Waals surface area contributed by atoms with E-state index < -0.39 is 0 Å². The number of piperidine rings is 3. The molecule has 2 unspecified atom stereocenters. The van der Waals surface area contributed by atoms with Crippen molar-refractivity contribution in [3.63, 3.8) is 0 Å². The maximum absolute atomic E-state index is 6.77. The van der Waals surface area contributed by atoms with Gasteiger partial charge in [0, 0.05) is 27.6 Å². The van der Waals surface area contributed by atoms with E-state index in [2.05, 4.69) is 71.6 Å². The van der Waals surface area contributed by atoms with E-state index in [1.807, 2.05) is 12.1 Å². The molecule has 0 spiro atoms. The Morgan fingerprint density at radius 1 is 0.871 bits per heavy atom. The van der Waals surface area contributed by atoms with Gasteiger partial charge < -0.3 is 0 Å². The minimum Gasteiger partial charge on any atom is -0.294 e. The third-order valence-corrected chi connectivity index (χ3v) is 7.27. The average Bonchev–Trinajstić information content (AvgIpc) is 2.82. The first-order valence-electron chi connectivity index (χ1n) is 11.0. The first kappa shape index (κ1) is 20.8. The first-order valence-corrected chi connectivity index (χ1v) is 11.8. The van der Waals surface area contributed by atoms with E-state index in [9.17, 15) is 0 Å². The third kappa shape index (κ3) is 4.30. The Kier molecular flexibility index (Phi) is 6.13. The number of aliphatic imine (C=N–C) groups is 1. The zero-order chi connectivity index (χ0) is 21.2. The van der Waals surface area contributed by atoms with Gasteiger partial charge in [0.15, 0.2) is 0 Å². The molecule has 158 valence electrons. The van der Waals surface area contributed by atoms with Gasteiger partial charge in [0.25, 0.3) is 0 Å². The van der Waals surface area contributed by atoms with Crippen LogP contribution in [0.5, 0.6) is 0 Å². The van der Waals surface area contributed by atoms with Gasteiger partial charge in [-0.1, -0.05) is 89.9 Å². The van der Waals surface area contributed by atoms with Crippen molar-refractivity contribution in [1.29, 1.82) is 0 Å². The molecule has 3 fully saturated rings. The molecule has 3 heterocycles. The number of fused-ring (bicyclic) bond motifs is 3. The molecule has 2 nitrogen and oxygen atoms in total. The summed E-state index contributed by atoms with van der Waals surface area (Å²) in [6.45, 7) is 2.97. The number of nitrogens with zero attached hydrogens (tertiary/aromatic N) is 2. The number of benzene rings is 3. The van der Waals surface area contributed by atoms with Gasteiger partial charge in [-0.05, 0) is 54.8 Å². The molecule has 2 atom stereocenters. The van der Waals surface area contributed by atoms with Crippen LogP contribution in [0.4, 0.5) is 0 Å². The van der Waals surface area contributed by atoms with Crippen molar-refractivity contribution in [3.8, 4) is 0 Å². The smallest absolute Gasteiger partial charge is 0.0639 e. The molecule has 0 amide bonds. The van der Waals surface area contributed by atoms with Crippen molar-refractivity contribution in [2.24, 2.45) is 10.9 Å². The minimum absolute atomic E-state index is 0.128. The van der Waals surface area contributed by atoms with Crippen LogP contribution in [0.1, 0.15) is 35.4 Å². The normalized spacial score (nSPS) is 25.0.